The highest BCUT2D eigenvalue weighted by Crippen LogP contribution is 2.09. The fourth-order valence-electron chi connectivity index (χ4n) is 2.02. The molecule has 20 heavy (non-hydrogen) atoms. The minimum absolute atomic E-state index is 0.219. The predicted molar refractivity (Wildman–Crippen MR) is 71.6 cm³/mol. The number of carbonyl (C=O) groups is 1. The van der Waals surface area contributed by atoms with Crippen molar-refractivity contribution in [2.24, 2.45) is 0 Å². The van der Waals surface area contributed by atoms with Crippen molar-refractivity contribution in [1.29, 1.82) is 0 Å². The maximum atomic E-state index is 11.0. The first kappa shape index (κ1) is 12.3. The summed E-state index contributed by atoms with van der Waals surface area (Å²) in [6.45, 7) is 0. The van der Waals surface area contributed by atoms with Crippen LogP contribution in [-0.2, 0) is 12.8 Å². The molecule has 0 saturated carbocycles. The topological polar surface area (TPSA) is 80.4 Å². The number of aryl methyl sites for hydroxylation is 2. The Morgan fingerprint density at radius 2 is 2.05 bits per heavy atom. The Labute approximate surface area is 114 Å². The van der Waals surface area contributed by atoms with E-state index >= 15 is 0 Å². The first-order valence-corrected chi connectivity index (χ1v) is 6.21. The Kier molecular flexibility index (Phi) is 3.12. The molecule has 0 bridgehead atoms. The van der Waals surface area contributed by atoms with E-state index in [1.807, 2.05) is 18.2 Å². The van der Waals surface area contributed by atoms with Crippen molar-refractivity contribution < 1.29 is 9.90 Å². The van der Waals surface area contributed by atoms with Crippen molar-refractivity contribution >= 4 is 11.6 Å². The maximum Gasteiger partial charge on any atom is 0.337 e. The highest BCUT2D eigenvalue weighted by atomic mass is 16.4. The highest BCUT2D eigenvalue weighted by molar-refractivity contribution is 5.87. The van der Waals surface area contributed by atoms with E-state index in [4.69, 9.17) is 5.11 Å². The van der Waals surface area contributed by atoms with Crippen LogP contribution in [-0.4, -0.2) is 30.7 Å². The van der Waals surface area contributed by atoms with Crippen molar-refractivity contribution in [1.82, 2.24) is 19.6 Å². The number of nitrogens with zero attached hydrogens (tertiary/aromatic N) is 4. The fourth-order valence-corrected chi connectivity index (χ4v) is 2.02. The predicted octanol–water partition coefficient (Wildman–Crippen LogP) is 1.61. The average molecular weight is 268 g/mol. The third-order valence-corrected chi connectivity index (χ3v) is 3.05. The van der Waals surface area contributed by atoms with Gasteiger partial charge >= 0.3 is 5.97 Å². The van der Waals surface area contributed by atoms with Crippen LogP contribution in [0, 0.1) is 0 Å². The standard InChI is InChI=1S/C14H12N4O2/c19-14(20)10-4-6-12-16-17-13(18(12)9-10)7-5-11-3-1-2-8-15-11/h1-4,6,8-9H,5,7H2,(H,19,20). The number of carboxylic acids is 1. The molecule has 0 fully saturated rings. The van der Waals surface area contributed by atoms with E-state index in [-0.39, 0.29) is 5.56 Å². The van der Waals surface area contributed by atoms with Crippen molar-refractivity contribution in [2.75, 3.05) is 0 Å². The largest absolute Gasteiger partial charge is 0.478 e. The number of carboxylic acid groups (broad SMARTS) is 1. The minimum Gasteiger partial charge on any atom is -0.478 e. The molecule has 3 aromatic heterocycles. The van der Waals surface area contributed by atoms with Crippen LogP contribution in [0.25, 0.3) is 5.65 Å². The van der Waals surface area contributed by atoms with Crippen molar-refractivity contribution in [3.8, 4) is 0 Å². The number of hydrogen-bond donors (Lipinski definition) is 1. The molecule has 0 aliphatic carbocycles. The van der Waals surface area contributed by atoms with Crippen molar-refractivity contribution in [2.45, 2.75) is 12.8 Å². The molecule has 3 aromatic rings. The summed E-state index contributed by atoms with van der Waals surface area (Å²) < 4.78 is 1.71. The van der Waals surface area contributed by atoms with Gasteiger partial charge in [0.05, 0.1) is 5.56 Å². The van der Waals surface area contributed by atoms with E-state index in [1.54, 1.807) is 22.9 Å². The molecule has 100 valence electrons. The number of pyridine rings is 2. The molecule has 3 rings (SSSR count). The zero-order valence-corrected chi connectivity index (χ0v) is 10.6. The molecule has 0 aliphatic heterocycles. The molecule has 6 nitrogen and oxygen atoms in total. The molecule has 0 unspecified atom stereocenters. The van der Waals surface area contributed by atoms with Crippen LogP contribution in [0.5, 0.6) is 0 Å². The molecule has 0 amide bonds. The molecule has 3 heterocycles. The van der Waals surface area contributed by atoms with Gasteiger partial charge in [-0.15, -0.1) is 10.2 Å². The van der Waals surface area contributed by atoms with Crippen LogP contribution < -0.4 is 0 Å². The summed E-state index contributed by atoms with van der Waals surface area (Å²) in [5.41, 5.74) is 1.83. The Bertz CT molecular complexity index is 752. The second kappa shape index (κ2) is 5.08. The lowest BCUT2D eigenvalue weighted by Gasteiger charge is -2.01. The molecule has 0 saturated heterocycles. The second-order valence-electron chi connectivity index (χ2n) is 4.39. The van der Waals surface area contributed by atoms with Gasteiger partial charge in [0.15, 0.2) is 5.65 Å². The molecule has 0 aromatic carbocycles. The zero-order valence-electron chi connectivity index (χ0n) is 10.6. The van der Waals surface area contributed by atoms with Gasteiger partial charge < -0.3 is 5.11 Å². The van der Waals surface area contributed by atoms with Gasteiger partial charge in [0, 0.05) is 24.5 Å². The Morgan fingerprint density at radius 1 is 1.15 bits per heavy atom. The SMILES string of the molecule is O=C(O)c1ccc2nnc(CCc3ccccn3)n2c1. The number of fused-ring (bicyclic) bond motifs is 1. The smallest absolute Gasteiger partial charge is 0.337 e. The first-order chi connectivity index (χ1) is 9.74. The molecular formula is C14H12N4O2. The second-order valence-corrected chi connectivity index (χ2v) is 4.39. The number of aromatic carboxylic acids is 1. The maximum absolute atomic E-state index is 11.0. The van der Waals surface area contributed by atoms with Gasteiger partial charge in [0.1, 0.15) is 5.82 Å². The normalized spacial score (nSPS) is 10.8. The molecule has 0 radical (unpaired) electrons. The fraction of sp³-hybridized carbons (Fsp3) is 0.143. The summed E-state index contributed by atoms with van der Waals surface area (Å²) in [5, 5.41) is 17.2. The highest BCUT2D eigenvalue weighted by Gasteiger charge is 2.09. The zero-order chi connectivity index (χ0) is 13.9. The Balaban J connectivity index is 1.88. The quantitative estimate of drug-likeness (QED) is 0.777. The van der Waals surface area contributed by atoms with Gasteiger partial charge in [-0.2, -0.15) is 0 Å². The lowest BCUT2D eigenvalue weighted by molar-refractivity contribution is 0.0696. The molecule has 0 atom stereocenters. The van der Waals surface area contributed by atoms with Gasteiger partial charge in [-0.05, 0) is 30.7 Å². The third-order valence-electron chi connectivity index (χ3n) is 3.05. The molecule has 6 heteroatoms. The summed E-state index contributed by atoms with van der Waals surface area (Å²) in [7, 11) is 0. The summed E-state index contributed by atoms with van der Waals surface area (Å²) in [4.78, 5) is 15.2. The summed E-state index contributed by atoms with van der Waals surface area (Å²) in [6.07, 6.45) is 4.69. The van der Waals surface area contributed by atoms with E-state index in [2.05, 4.69) is 15.2 Å². The minimum atomic E-state index is -0.962. The van der Waals surface area contributed by atoms with E-state index in [0.717, 1.165) is 17.9 Å². The van der Waals surface area contributed by atoms with Crippen LogP contribution in [0.15, 0.2) is 42.7 Å². The summed E-state index contributed by atoms with van der Waals surface area (Å²) >= 11 is 0. The van der Waals surface area contributed by atoms with E-state index in [1.165, 1.54) is 6.07 Å². The molecular weight excluding hydrogens is 256 g/mol. The molecule has 1 N–H and O–H groups in total. The van der Waals surface area contributed by atoms with Gasteiger partial charge in [0.25, 0.3) is 0 Å². The molecule has 0 spiro atoms. The van der Waals surface area contributed by atoms with Gasteiger partial charge in [0.2, 0.25) is 0 Å². The molecule has 0 aliphatic rings. The van der Waals surface area contributed by atoms with Crippen LogP contribution in [0.4, 0.5) is 0 Å². The number of hydrogen-bond acceptors (Lipinski definition) is 4. The first-order valence-electron chi connectivity index (χ1n) is 6.21. The third kappa shape index (κ3) is 2.35. The van der Waals surface area contributed by atoms with Crippen molar-refractivity contribution in [3.63, 3.8) is 0 Å². The van der Waals surface area contributed by atoms with E-state index < -0.39 is 5.97 Å². The lowest BCUT2D eigenvalue weighted by atomic mass is 10.2. The van der Waals surface area contributed by atoms with Crippen LogP contribution in [0.2, 0.25) is 0 Å². The monoisotopic (exact) mass is 268 g/mol. The van der Waals surface area contributed by atoms with Gasteiger partial charge in [-0.3, -0.25) is 9.38 Å². The van der Waals surface area contributed by atoms with Crippen LogP contribution >= 0.6 is 0 Å². The van der Waals surface area contributed by atoms with E-state index in [9.17, 15) is 4.79 Å². The van der Waals surface area contributed by atoms with Crippen LogP contribution in [0.3, 0.4) is 0 Å². The Morgan fingerprint density at radius 3 is 2.80 bits per heavy atom. The van der Waals surface area contributed by atoms with E-state index in [0.29, 0.717) is 12.1 Å². The van der Waals surface area contributed by atoms with Gasteiger partial charge in [-0.25, -0.2) is 4.79 Å². The summed E-state index contributed by atoms with van der Waals surface area (Å²) in [5.74, 6) is -0.231. The average Bonchev–Trinajstić information content (AvgIpc) is 2.88. The van der Waals surface area contributed by atoms with Crippen molar-refractivity contribution in [3.05, 3.63) is 59.8 Å². The number of rotatable bonds is 4. The Hall–Kier alpha value is -2.76. The lowest BCUT2D eigenvalue weighted by Crippen LogP contribution is -2.02. The van der Waals surface area contributed by atoms with Crippen LogP contribution in [0.1, 0.15) is 21.9 Å². The summed E-state index contributed by atoms with van der Waals surface area (Å²) in [6, 6.07) is 8.93. The van der Waals surface area contributed by atoms with Gasteiger partial charge in [-0.1, -0.05) is 6.07 Å². The number of aromatic nitrogens is 4.